The Bertz CT molecular complexity index is 358. The third-order valence-corrected chi connectivity index (χ3v) is 3.06. The molecule has 0 amide bonds. The van der Waals surface area contributed by atoms with Gasteiger partial charge in [0.25, 0.3) is 0 Å². The molecule has 1 saturated heterocycles. The normalized spacial score (nSPS) is 25.9. The molecule has 1 aromatic carbocycles. The first-order valence-electron chi connectivity index (χ1n) is 4.98. The first kappa shape index (κ1) is 10.7. The maximum Gasteiger partial charge on any atom is 0.109 e. The number of hydrogen-bond acceptors (Lipinski definition) is 2. The lowest BCUT2D eigenvalue weighted by molar-refractivity contribution is 0.330. The summed E-state index contributed by atoms with van der Waals surface area (Å²) in [5, 5.41) is 0.697. The van der Waals surface area contributed by atoms with Crippen LogP contribution in [0.2, 0.25) is 5.02 Å². The molecule has 1 fully saturated rings. The van der Waals surface area contributed by atoms with Crippen molar-refractivity contribution in [2.75, 3.05) is 24.7 Å². The van der Waals surface area contributed by atoms with E-state index >= 15 is 0 Å². The van der Waals surface area contributed by atoms with Crippen LogP contribution in [0.15, 0.2) is 24.3 Å². The van der Waals surface area contributed by atoms with Crippen molar-refractivity contribution in [2.24, 2.45) is 5.73 Å². The number of hydrogen-bond donors (Lipinski definition) is 1. The Kier molecular flexibility index (Phi) is 2.85. The Morgan fingerprint density at radius 3 is 2.93 bits per heavy atom. The van der Waals surface area contributed by atoms with Gasteiger partial charge in [-0.25, -0.2) is 4.39 Å². The largest absolute Gasteiger partial charge is 0.369 e. The van der Waals surface area contributed by atoms with Crippen LogP contribution in [0, 0.1) is 0 Å². The van der Waals surface area contributed by atoms with E-state index in [0.717, 1.165) is 12.2 Å². The molecular formula is C11H14ClFN2. The van der Waals surface area contributed by atoms with Gasteiger partial charge in [-0.05, 0) is 24.6 Å². The van der Waals surface area contributed by atoms with Crippen LogP contribution < -0.4 is 10.6 Å². The fraction of sp³-hybridized carbons (Fsp3) is 0.455. The number of nitrogens with zero attached hydrogens (tertiary/aromatic N) is 1. The molecule has 0 aromatic heterocycles. The molecule has 1 atom stereocenters. The molecule has 1 heterocycles. The summed E-state index contributed by atoms with van der Waals surface area (Å²) in [6, 6.07) is 7.57. The zero-order chi connectivity index (χ0) is 10.9. The number of nitrogens with two attached hydrogens (primary N) is 1. The molecule has 0 radical (unpaired) electrons. The second-order valence-electron chi connectivity index (χ2n) is 4.15. The van der Waals surface area contributed by atoms with E-state index in [9.17, 15) is 4.39 Å². The molecular weight excluding hydrogens is 215 g/mol. The van der Waals surface area contributed by atoms with Gasteiger partial charge < -0.3 is 10.6 Å². The summed E-state index contributed by atoms with van der Waals surface area (Å²) in [4.78, 5) is 2.07. The van der Waals surface area contributed by atoms with Crippen LogP contribution in [0.25, 0.3) is 0 Å². The number of rotatable bonds is 2. The Balaban J connectivity index is 2.14. The maximum absolute atomic E-state index is 12.7. The van der Waals surface area contributed by atoms with Gasteiger partial charge in [0.2, 0.25) is 0 Å². The molecule has 2 nitrogen and oxygen atoms in total. The minimum absolute atomic E-state index is 0.468. The number of halogens is 2. The van der Waals surface area contributed by atoms with Crippen LogP contribution in [-0.4, -0.2) is 25.3 Å². The highest BCUT2D eigenvalue weighted by Crippen LogP contribution is 2.27. The summed E-state index contributed by atoms with van der Waals surface area (Å²) in [6.45, 7) is 0.884. The second-order valence-corrected chi connectivity index (χ2v) is 4.58. The van der Waals surface area contributed by atoms with Crippen molar-refractivity contribution in [2.45, 2.75) is 12.0 Å². The minimum Gasteiger partial charge on any atom is -0.369 e. The average molecular weight is 229 g/mol. The van der Waals surface area contributed by atoms with E-state index in [1.165, 1.54) is 0 Å². The molecule has 0 spiro atoms. The van der Waals surface area contributed by atoms with E-state index in [2.05, 4.69) is 4.90 Å². The molecule has 1 unspecified atom stereocenters. The van der Waals surface area contributed by atoms with Crippen molar-refractivity contribution in [1.82, 2.24) is 0 Å². The van der Waals surface area contributed by atoms with Crippen LogP contribution in [0.4, 0.5) is 10.1 Å². The fourth-order valence-corrected chi connectivity index (χ4v) is 2.08. The van der Waals surface area contributed by atoms with Crippen molar-refractivity contribution in [3.8, 4) is 0 Å². The van der Waals surface area contributed by atoms with Gasteiger partial charge in [-0.15, -0.1) is 0 Å². The van der Waals surface area contributed by atoms with Gasteiger partial charge in [0.1, 0.15) is 6.67 Å². The summed E-state index contributed by atoms with van der Waals surface area (Å²) >= 11 is 5.90. The van der Waals surface area contributed by atoms with Gasteiger partial charge in [-0.2, -0.15) is 0 Å². The van der Waals surface area contributed by atoms with Crippen molar-refractivity contribution in [3.63, 3.8) is 0 Å². The molecule has 2 N–H and O–H groups in total. The Morgan fingerprint density at radius 1 is 1.53 bits per heavy atom. The van der Waals surface area contributed by atoms with Gasteiger partial charge >= 0.3 is 0 Å². The van der Waals surface area contributed by atoms with Crippen molar-refractivity contribution < 1.29 is 4.39 Å². The van der Waals surface area contributed by atoms with Gasteiger partial charge in [-0.3, -0.25) is 0 Å². The molecule has 0 aliphatic carbocycles. The predicted molar refractivity (Wildman–Crippen MR) is 61.2 cm³/mol. The summed E-state index contributed by atoms with van der Waals surface area (Å²) in [6.07, 6.45) is 0.690. The lowest BCUT2D eigenvalue weighted by Gasteiger charge is -2.22. The van der Waals surface area contributed by atoms with Crippen LogP contribution in [-0.2, 0) is 0 Å². The summed E-state index contributed by atoms with van der Waals surface area (Å²) in [5.74, 6) is 0. The lowest BCUT2D eigenvalue weighted by atomic mass is 10.0. The monoisotopic (exact) mass is 228 g/mol. The highest BCUT2D eigenvalue weighted by molar-refractivity contribution is 6.30. The van der Waals surface area contributed by atoms with Gasteiger partial charge in [0.05, 0.1) is 5.54 Å². The van der Waals surface area contributed by atoms with Crippen molar-refractivity contribution in [3.05, 3.63) is 29.3 Å². The molecule has 82 valence electrons. The van der Waals surface area contributed by atoms with E-state index < -0.39 is 12.2 Å². The molecule has 0 saturated carbocycles. The highest BCUT2D eigenvalue weighted by Gasteiger charge is 2.34. The number of anilines is 1. The van der Waals surface area contributed by atoms with E-state index in [0.29, 0.717) is 18.0 Å². The van der Waals surface area contributed by atoms with Crippen molar-refractivity contribution >= 4 is 17.3 Å². The smallest absolute Gasteiger partial charge is 0.109 e. The Morgan fingerprint density at radius 2 is 2.33 bits per heavy atom. The zero-order valence-corrected chi connectivity index (χ0v) is 9.17. The first-order chi connectivity index (χ1) is 7.13. The molecule has 1 aliphatic heterocycles. The van der Waals surface area contributed by atoms with Crippen LogP contribution in [0.5, 0.6) is 0 Å². The van der Waals surface area contributed by atoms with Gasteiger partial charge in [0.15, 0.2) is 0 Å². The van der Waals surface area contributed by atoms with Crippen molar-refractivity contribution in [1.29, 1.82) is 0 Å². The van der Waals surface area contributed by atoms with Gasteiger partial charge in [-0.1, -0.05) is 17.7 Å². The van der Waals surface area contributed by atoms with E-state index in [-0.39, 0.29) is 0 Å². The van der Waals surface area contributed by atoms with Crippen LogP contribution in [0.1, 0.15) is 6.42 Å². The maximum atomic E-state index is 12.7. The predicted octanol–water partition coefficient (Wildman–Crippen LogP) is 2.22. The van der Waals surface area contributed by atoms with E-state index in [1.807, 2.05) is 24.3 Å². The van der Waals surface area contributed by atoms with E-state index in [1.54, 1.807) is 0 Å². The fourth-order valence-electron chi connectivity index (χ4n) is 1.90. The number of alkyl halides is 1. The Labute approximate surface area is 93.8 Å². The zero-order valence-electron chi connectivity index (χ0n) is 8.42. The summed E-state index contributed by atoms with van der Waals surface area (Å²) in [5.41, 5.74) is 6.21. The molecule has 2 rings (SSSR count). The van der Waals surface area contributed by atoms with E-state index in [4.69, 9.17) is 17.3 Å². The average Bonchev–Trinajstić information content (AvgIpc) is 2.62. The third-order valence-electron chi connectivity index (χ3n) is 2.82. The molecule has 0 bridgehead atoms. The molecule has 4 heteroatoms. The van der Waals surface area contributed by atoms with Crippen LogP contribution in [0.3, 0.4) is 0 Å². The highest BCUT2D eigenvalue weighted by atomic mass is 35.5. The minimum atomic E-state index is -0.678. The van der Waals surface area contributed by atoms with Gasteiger partial charge in [0, 0.05) is 23.8 Å². The number of benzene rings is 1. The lowest BCUT2D eigenvalue weighted by Crippen LogP contribution is -2.44. The topological polar surface area (TPSA) is 29.3 Å². The third kappa shape index (κ3) is 2.24. The second kappa shape index (κ2) is 3.99. The standard InChI is InChI=1S/C11H14ClFN2/c12-9-2-1-3-10(6-9)15-5-4-11(14,7-13)8-15/h1-3,6H,4-5,7-8,14H2. The Hall–Kier alpha value is -0.800. The molecule has 15 heavy (non-hydrogen) atoms. The first-order valence-corrected chi connectivity index (χ1v) is 5.36. The van der Waals surface area contributed by atoms with Crippen LogP contribution >= 0.6 is 11.6 Å². The quantitative estimate of drug-likeness (QED) is 0.841. The summed E-state index contributed by atoms with van der Waals surface area (Å²) < 4.78 is 12.7. The SMILES string of the molecule is NC1(CF)CCN(c2cccc(Cl)c2)C1. The molecule has 1 aliphatic rings. The summed E-state index contributed by atoms with van der Waals surface area (Å²) in [7, 11) is 0. The molecule has 1 aromatic rings.